The number of anilines is 1. The Morgan fingerprint density at radius 3 is 2.48 bits per heavy atom. The Kier molecular flexibility index (Phi) is 5.50. The summed E-state index contributed by atoms with van der Waals surface area (Å²) in [6.45, 7) is 2.93. The molecule has 25 heavy (non-hydrogen) atoms. The van der Waals surface area contributed by atoms with Crippen molar-refractivity contribution < 1.29 is 9.18 Å². The van der Waals surface area contributed by atoms with Gasteiger partial charge in [0.05, 0.1) is 0 Å². The predicted molar refractivity (Wildman–Crippen MR) is 102 cm³/mol. The van der Waals surface area contributed by atoms with Crippen LogP contribution in [0.4, 0.5) is 10.1 Å². The molecule has 1 amide bonds. The van der Waals surface area contributed by atoms with Crippen LogP contribution in [0.2, 0.25) is 5.02 Å². The third-order valence-corrected chi connectivity index (χ3v) is 4.64. The topological polar surface area (TPSA) is 35.6 Å². The third kappa shape index (κ3) is 4.46. The van der Waals surface area contributed by atoms with Crippen molar-refractivity contribution in [2.45, 2.75) is 0 Å². The van der Waals surface area contributed by atoms with E-state index in [4.69, 9.17) is 23.8 Å². The highest BCUT2D eigenvalue weighted by molar-refractivity contribution is 7.80. The van der Waals surface area contributed by atoms with E-state index in [1.54, 1.807) is 6.07 Å². The van der Waals surface area contributed by atoms with E-state index in [-0.39, 0.29) is 5.56 Å². The van der Waals surface area contributed by atoms with Gasteiger partial charge in [-0.3, -0.25) is 10.1 Å². The number of piperazine rings is 1. The quantitative estimate of drug-likeness (QED) is 0.814. The van der Waals surface area contributed by atoms with Crippen molar-refractivity contribution in [2.24, 2.45) is 0 Å². The van der Waals surface area contributed by atoms with E-state index in [0.29, 0.717) is 23.2 Å². The Morgan fingerprint density at radius 2 is 1.80 bits per heavy atom. The molecule has 130 valence electrons. The molecule has 1 heterocycles. The lowest BCUT2D eigenvalue weighted by Gasteiger charge is -2.37. The number of halogens is 2. The van der Waals surface area contributed by atoms with E-state index in [1.807, 2.05) is 29.2 Å². The van der Waals surface area contributed by atoms with Gasteiger partial charge in [-0.25, -0.2) is 4.39 Å². The summed E-state index contributed by atoms with van der Waals surface area (Å²) in [4.78, 5) is 16.3. The zero-order valence-corrected chi connectivity index (χ0v) is 15.0. The molecule has 1 fully saturated rings. The summed E-state index contributed by atoms with van der Waals surface area (Å²) < 4.78 is 13.2. The van der Waals surface area contributed by atoms with Crippen LogP contribution in [0, 0.1) is 5.82 Å². The lowest BCUT2D eigenvalue weighted by molar-refractivity contribution is 0.0972. The first-order valence-corrected chi connectivity index (χ1v) is 8.68. The normalized spacial score (nSPS) is 14.3. The maximum atomic E-state index is 13.2. The number of carbonyl (C=O) groups is 1. The van der Waals surface area contributed by atoms with Gasteiger partial charge in [-0.15, -0.1) is 0 Å². The molecular formula is C18H17ClFN3OS. The lowest BCUT2D eigenvalue weighted by Crippen LogP contribution is -2.52. The molecule has 7 heteroatoms. The molecule has 1 aliphatic heterocycles. The van der Waals surface area contributed by atoms with Gasteiger partial charge >= 0.3 is 0 Å². The van der Waals surface area contributed by atoms with Crippen LogP contribution < -0.4 is 10.2 Å². The maximum Gasteiger partial charge on any atom is 0.257 e. The minimum atomic E-state index is -0.450. The standard InChI is InChI=1S/C18H17ClFN3OS/c19-14-4-2-6-16(12-14)22-7-9-23(10-8-22)18(25)21-17(24)13-3-1-5-15(20)11-13/h1-6,11-12H,7-10H2,(H,21,24,25). The Labute approximate surface area is 156 Å². The molecule has 0 bridgehead atoms. The van der Waals surface area contributed by atoms with Crippen molar-refractivity contribution in [3.8, 4) is 0 Å². The summed E-state index contributed by atoms with van der Waals surface area (Å²) >= 11 is 11.4. The van der Waals surface area contributed by atoms with Crippen LogP contribution in [0.3, 0.4) is 0 Å². The first-order valence-electron chi connectivity index (χ1n) is 7.89. The van der Waals surface area contributed by atoms with Crippen LogP contribution in [-0.2, 0) is 0 Å². The molecule has 2 aromatic rings. The van der Waals surface area contributed by atoms with Gasteiger partial charge in [0.25, 0.3) is 5.91 Å². The van der Waals surface area contributed by atoms with Gasteiger partial charge in [0.2, 0.25) is 0 Å². The van der Waals surface area contributed by atoms with Crippen molar-refractivity contribution >= 4 is 40.5 Å². The second-order valence-electron chi connectivity index (χ2n) is 5.72. The van der Waals surface area contributed by atoms with E-state index < -0.39 is 11.7 Å². The Morgan fingerprint density at radius 1 is 1.08 bits per heavy atom. The average molecular weight is 378 g/mol. The largest absolute Gasteiger partial charge is 0.368 e. The minimum absolute atomic E-state index is 0.250. The number of hydrogen-bond donors (Lipinski definition) is 1. The number of nitrogens with zero attached hydrogens (tertiary/aromatic N) is 2. The summed E-state index contributed by atoms with van der Waals surface area (Å²) in [5.41, 5.74) is 1.32. The maximum absolute atomic E-state index is 13.2. The van der Waals surface area contributed by atoms with Gasteiger partial charge in [-0.2, -0.15) is 0 Å². The fourth-order valence-corrected chi connectivity index (χ4v) is 3.18. The zero-order valence-electron chi connectivity index (χ0n) is 13.4. The highest BCUT2D eigenvalue weighted by Gasteiger charge is 2.21. The van der Waals surface area contributed by atoms with Gasteiger partial charge < -0.3 is 9.80 Å². The van der Waals surface area contributed by atoms with Crippen LogP contribution >= 0.6 is 23.8 Å². The highest BCUT2D eigenvalue weighted by Crippen LogP contribution is 2.20. The average Bonchev–Trinajstić information content (AvgIpc) is 2.62. The Balaban J connectivity index is 1.55. The second-order valence-corrected chi connectivity index (χ2v) is 6.55. The monoisotopic (exact) mass is 377 g/mol. The van der Waals surface area contributed by atoms with Crippen LogP contribution in [0.25, 0.3) is 0 Å². The smallest absolute Gasteiger partial charge is 0.257 e. The molecular weight excluding hydrogens is 361 g/mol. The first kappa shape index (κ1) is 17.6. The van der Waals surface area contributed by atoms with Gasteiger partial charge in [0, 0.05) is 42.5 Å². The molecule has 0 aliphatic carbocycles. The van der Waals surface area contributed by atoms with E-state index >= 15 is 0 Å². The fraction of sp³-hybridized carbons (Fsp3) is 0.222. The number of amides is 1. The molecule has 3 rings (SSSR count). The number of thiocarbonyl (C=S) groups is 1. The third-order valence-electron chi connectivity index (χ3n) is 4.05. The van der Waals surface area contributed by atoms with E-state index in [1.165, 1.54) is 18.2 Å². The van der Waals surface area contributed by atoms with Gasteiger partial charge in [-0.05, 0) is 48.6 Å². The predicted octanol–water partition coefficient (Wildman–Crippen LogP) is 3.32. The number of carbonyl (C=O) groups excluding carboxylic acids is 1. The van der Waals surface area contributed by atoms with E-state index in [9.17, 15) is 9.18 Å². The Hall–Kier alpha value is -2.18. The van der Waals surface area contributed by atoms with Crippen molar-refractivity contribution in [3.05, 3.63) is 64.9 Å². The molecule has 1 N–H and O–H groups in total. The number of hydrogen-bond acceptors (Lipinski definition) is 3. The summed E-state index contributed by atoms with van der Waals surface area (Å²) in [6.07, 6.45) is 0. The molecule has 4 nitrogen and oxygen atoms in total. The summed E-state index contributed by atoms with van der Waals surface area (Å²) in [6, 6.07) is 13.3. The molecule has 0 aromatic heterocycles. The number of rotatable bonds is 2. The zero-order chi connectivity index (χ0) is 17.8. The van der Waals surface area contributed by atoms with Gasteiger partial charge in [0.15, 0.2) is 5.11 Å². The summed E-state index contributed by atoms with van der Waals surface area (Å²) in [7, 11) is 0. The fourth-order valence-electron chi connectivity index (χ4n) is 2.72. The molecule has 0 radical (unpaired) electrons. The molecule has 1 saturated heterocycles. The van der Waals surface area contributed by atoms with Gasteiger partial charge in [0.1, 0.15) is 5.82 Å². The molecule has 1 aliphatic rings. The minimum Gasteiger partial charge on any atom is -0.368 e. The van der Waals surface area contributed by atoms with Crippen LogP contribution in [0.5, 0.6) is 0 Å². The van der Waals surface area contributed by atoms with E-state index in [2.05, 4.69) is 10.2 Å². The van der Waals surface area contributed by atoms with Gasteiger partial charge in [-0.1, -0.05) is 23.7 Å². The molecule has 0 atom stereocenters. The van der Waals surface area contributed by atoms with Crippen molar-refractivity contribution in [1.82, 2.24) is 10.2 Å². The highest BCUT2D eigenvalue weighted by atomic mass is 35.5. The van der Waals surface area contributed by atoms with Crippen LogP contribution in [-0.4, -0.2) is 42.1 Å². The molecule has 2 aromatic carbocycles. The SMILES string of the molecule is O=C(NC(=S)N1CCN(c2cccc(Cl)c2)CC1)c1cccc(F)c1. The second kappa shape index (κ2) is 7.80. The first-order chi connectivity index (χ1) is 12.0. The van der Waals surface area contributed by atoms with Crippen molar-refractivity contribution in [1.29, 1.82) is 0 Å². The molecule has 0 saturated carbocycles. The summed E-state index contributed by atoms with van der Waals surface area (Å²) in [5.74, 6) is -0.851. The summed E-state index contributed by atoms with van der Waals surface area (Å²) in [5, 5.41) is 3.74. The van der Waals surface area contributed by atoms with Crippen LogP contribution in [0.1, 0.15) is 10.4 Å². The van der Waals surface area contributed by atoms with Crippen molar-refractivity contribution in [3.63, 3.8) is 0 Å². The molecule has 0 spiro atoms. The Bertz CT molecular complexity index is 793. The lowest BCUT2D eigenvalue weighted by atomic mass is 10.2. The number of benzene rings is 2. The van der Waals surface area contributed by atoms with Crippen molar-refractivity contribution in [2.75, 3.05) is 31.1 Å². The molecule has 0 unspecified atom stereocenters. The number of nitrogens with one attached hydrogen (secondary N) is 1. The van der Waals surface area contributed by atoms with Crippen LogP contribution in [0.15, 0.2) is 48.5 Å². The van der Waals surface area contributed by atoms with E-state index in [0.717, 1.165) is 18.8 Å².